The molecule has 1 atom stereocenters. The first-order valence-electron chi connectivity index (χ1n) is 3.76. The van der Waals surface area contributed by atoms with Gasteiger partial charge in [-0.1, -0.05) is 0 Å². The molecule has 0 bridgehead atoms. The monoisotopic (exact) mass is 278 g/mol. The van der Waals surface area contributed by atoms with E-state index in [1.807, 2.05) is 0 Å². The Bertz CT molecular complexity index is 217. The minimum Gasteiger partial charge on any atom is -0.330 e. The van der Waals surface area contributed by atoms with E-state index in [2.05, 4.69) is 5.73 Å². The number of hydrogen-bond donors (Lipinski definition) is 2. The smallest absolute Gasteiger partial charge is 0.330 e. The van der Waals surface area contributed by atoms with Gasteiger partial charge in [-0.3, -0.25) is 0 Å². The quantitative estimate of drug-likeness (QED) is 0.772. The Morgan fingerprint density at radius 2 is 1.31 bits per heavy atom. The highest BCUT2D eigenvalue weighted by atomic mass is 35.5. The highest BCUT2D eigenvalue weighted by Gasteiger charge is 2.74. The molecule has 0 radical (unpaired) electrons. The summed E-state index contributed by atoms with van der Waals surface area (Å²) in [5.41, 5.74) is 9.27. The van der Waals surface area contributed by atoms with Crippen LogP contribution in [0.3, 0.4) is 0 Å². The van der Waals surface area contributed by atoms with Crippen LogP contribution >= 0.6 is 12.4 Å². The molecule has 0 aliphatic rings. The Morgan fingerprint density at radius 3 is 1.56 bits per heavy atom. The van der Waals surface area contributed by atoms with Crippen molar-refractivity contribution in [3.05, 3.63) is 0 Å². The zero-order chi connectivity index (χ0) is 12.5. The molecule has 100 valence electrons. The summed E-state index contributed by atoms with van der Waals surface area (Å²) in [4.78, 5) is 0. The van der Waals surface area contributed by atoms with Gasteiger partial charge in [0.05, 0.1) is 6.04 Å². The lowest BCUT2D eigenvalue weighted by Crippen LogP contribution is -2.60. The van der Waals surface area contributed by atoms with Crippen molar-refractivity contribution >= 4 is 12.4 Å². The number of hydrogen-bond acceptors (Lipinski definition) is 2. The number of halogens is 8. The normalized spacial score (nSPS) is 15.6. The molecule has 16 heavy (non-hydrogen) atoms. The predicted molar refractivity (Wildman–Crippen MR) is 44.8 cm³/mol. The second-order valence-corrected chi connectivity index (χ2v) is 2.88. The highest BCUT2D eigenvalue weighted by Crippen LogP contribution is 2.47. The maximum atomic E-state index is 12.6. The van der Waals surface area contributed by atoms with E-state index < -0.39 is 37.0 Å². The molecule has 0 aromatic heterocycles. The minimum absolute atomic E-state index is 0. The third kappa shape index (κ3) is 3.11. The minimum atomic E-state index is -6.34. The van der Waals surface area contributed by atoms with Crippen LogP contribution in [0.5, 0.6) is 0 Å². The lowest BCUT2D eigenvalue weighted by atomic mass is 10.0. The number of alkyl halides is 7. The van der Waals surface area contributed by atoms with Crippen molar-refractivity contribution < 1.29 is 30.7 Å². The number of rotatable bonds is 4. The molecule has 0 heterocycles. The SMILES string of the molecule is Cl.NCC[C@@H](N)C(F)(F)C(F)(F)C(F)(F)F. The van der Waals surface area contributed by atoms with Crippen LogP contribution in [0.15, 0.2) is 0 Å². The van der Waals surface area contributed by atoms with Gasteiger partial charge in [0.2, 0.25) is 0 Å². The third-order valence-electron chi connectivity index (χ3n) is 1.72. The van der Waals surface area contributed by atoms with Crippen molar-refractivity contribution in [3.63, 3.8) is 0 Å². The molecule has 0 amide bonds. The molecular weight excluding hydrogens is 269 g/mol. The molecule has 0 aliphatic carbocycles. The second-order valence-electron chi connectivity index (χ2n) is 2.88. The first kappa shape index (κ1) is 18.1. The topological polar surface area (TPSA) is 52.0 Å². The summed E-state index contributed by atoms with van der Waals surface area (Å²) in [5, 5.41) is 0. The first-order chi connectivity index (χ1) is 6.48. The van der Waals surface area contributed by atoms with E-state index >= 15 is 0 Å². The van der Waals surface area contributed by atoms with Crippen LogP contribution in [-0.2, 0) is 0 Å². The summed E-state index contributed by atoms with van der Waals surface area (Å²) >= 11 is 0. The van der Waals surface area contributed by atoms with E-state index in [0.29, 0.717) is 0 Å². The largest absolute Gasteiger partial charge is 0.459 e. The van der Waals surface area contributed by atoms with Gasteiger partial charge in [0.15, 0.2) is 0 Å². The first-order valence-corrected chi connectivity index (χ1v) is 3.76. The average molecular weight is 279 g/mol. The summed E-state index contributed by atoms with van der Waals surface area (Å²) in [6, 6.07) is -2.64. The molecule has 0 saturated heterocycles. The molecule has 0 unspecified atom stereocenters. The van der Waals surface area contributed by atoms with E-state index in [1.165, 1.54) is 0 Å². The van der Waals surface area contributed by atoms with Gasteiger partial charge < -0.3 is 11.5 Å². The average Bonchev–Trinajstić information content (AvgIpc) is 2.02. The summed E-state index contributed by atoms with van der Waals surface area (Å²) in [6.45, 7) is -0.509. The summed E-state index contributed by atoms with van der Waals surface area (Å²) in [5.74, 6) is -11.5. The van der Waals surface area contributed by atoms with Crippen LogP contribution < -0.4 is 11.5 Å². The van der Waals surface area contributed by atoms with Crippen molar-refractivity contribution in [2.24, 2.45) is 11.5 Å². The van der Waals surface area contributed by atoms with Crippen molar-refractivity contribution in [2.45, 2.75) is 30.5 Å². The van der Waals surface area contributed by atoms with Gasteiger partial charge in [-0.15, -0.1) is 12.4 Å². The van der Waals surface area contributed by atoms with Crippen LogP contribution in [-0.4, -0.2) is 30.6 Å². The van der Waals surface area contributed by atoms with Gasteiger partial charge in [0.1, 0.15) is 0 Å². The zero-order valence-corrected chi connectivity index (χ0v) is 8.52. The van der Waals surface area contributed by atoms with E-state index in [0.717, 1.165) is 0 Å². The fraction of sp³-hybridized carbons (Fsp3) is 1.00. The fourth-order valence-electron chi connectivity index (χ4n) is 0.783. The van der Waals surface area contributed by atoms with Gasteiger partial charge in [-0.05, 0) is 13.0 Å². The maximum absolute atomic E-state index is 12.6. The summed E-state index contributed by atoms with van der Waals surface area (Å²) in [7, 11) is 0. The molecule has 10 heteroatoms. The van der Waals surface area contributed by atoms with Crippen molar-refractivity contribution in [1.29, 1.82) is 0 Å². The summed E-state index contributed by atoms with van der Waals surface area (Å²) in [6.07, 6.45) is -7.18. The van der Waals surface area contributed by atoms with Crippen molar-refractivity contribution in [3.8, 4) is 0 Å². The molecule has 0 aromatic rings. The molecule has 0 aliphatic heterocycles. The zero-order valence-electron chi connectivity index (χ0n) is 7.70. The van der Waals surface area contributed by atoms with Crippen LogP contribution in [0, 0.1) is 0 Å². The van der Waals surface area contributed by atoms with E-state index in [-0.39, 0.29) is 12.4 Å². The van der Waals surface area contributed by atoms with E-state index in [1.54, 1.807) is 0 Å². The van der Waals surface area contributed by atoms with E-state index in [4.69, 9.17) is 5.73 Å². The molecule has 0 saturated carbocycles. The second kappa shape index (κ2) is 5.37. The van der Waals surface area contributed by atoms with Crippen LogP contribution in [0.2, 0.25) is 0 Å². The van der Waals surface area contributed by atoms with Gasteiger partial charge in [-0.2, -0.15) is 30.7 Å². The van der Waals surface area contributed by atoms with Gasteiger partial charge in [-0.25, -0.2) is 0 Å². The Labute approximate surface area is 92.6 Å². The Balaban J connectivity index is 0. The standard InChI is InChI=1S/C6H9F7N2.ClH/c7-4(8,3(15)1-2-14)5(9,10)6(11,12)13;/h3H,1-2,14-15H2;1H/t3-;/m1./s1. The molecule has 0 fully saturated rings. The molecule has 2 nitrogen and oxygen atoms in total. The molecule has 0 spiro atoms. The molecule has 0 aromatic carbocycles. The molecule has 4 N–H and O–H groups in total. The van der Waals surface area contributed by atoms with Crippen molar-refractivity contribution in [1.82, 2.24) is 0 Å². The molecule has 0 rings (SSSR count). The third-order valence-corrected chi connectivity index (χ3v) is 1.72. The van der Waals surface area contributed by atoms with Gasteiger partial charge in [0.25, 0.3) is 0 Å². The van der Waals surface area contributed by atoms with Crippen molar-refractivity contribution in [2.75, 3.05) is 6.54 Å². The molecular formula is C6H10ClF7N2. The maximum Gasteiger partial charge on any atom is 0.459 e. The lowest BCUT2D eigenvalue weighted by molar-refractivity contribution is -0.358. The van der Waals surface area contributed by atoms with Gasteiger partial charge in [0, 0.05) is 0 Å². The predicted octanol–water partition coefficient (Wildman–Crippen LogP) is 1.92. The van der Waals surface area contributed by atoms with Gasteiger partial charge >= 0.3 is 18.0 Å². The highest BCUT2D eigenvalue weighted by molar-refractivity contribution is 5.85. The van der Waals surface area contributed by atoms with Crippen LogP contribution in [0.4, 0.5) is 30.7 Å². The Hall–Kier alpha value is -0.280. The van der Waals surface area contributed by atoms with E-state index in [9.17, 15) is 30.7 Å². The van der Waals surface area contributed by atoms with Crippen LogP contribution in [0.1, 0.15) is 6.42 Å². The Morgan fingerprint density at radius 1 is 0.938 bits per heavy atom. The lowest BCUT2D eigenvalue weighted by Gasteiger charge is -2.31. The Kier molecular flexibility index (Phi) is 6.07. The number of nitrogens with two attached hydrogens (primary N) is 2. The summed E-state index contributed by atoms with van der Waals surface area (Å²) < 4.78 is 84.7. The fourth-order valence-corrected chi connectivity index (χ4v) is 0.783. The van der Waals surface area contributed by atoms with Crippen LogP contribution in [0.25, 0.3) is 0 Å².